The summed E-state index contributed by atoms with van der Waals surface area (Å²) in [7, 11) is 1.31. The third-order valence-electron chi connectivity index (χ3n) is 3.57. The number of nitrogens with one attached hydrogen (secondary N) is 1. The number of thiazole rings is 1. The minimum Gasteiger partial charge on any atom is -0.465 e. The first-order valence-corrected chi connectivity index (χ1v) is 8.42. The van der Waals surface area contributed by atoms with Crippen LogP contribution in [0.1, 0.15) is 41.6 Å². The van der Waals surface area contributed by atoms with Gasteiger partial charge in [0.2, 0.25) is 0 Å². The Morgan fingerprint density at radius 1 is 1.48 bits per heavy atom. The Morgan fingerprint density at radius 2 is 2.26 bits per heavy atom. The standard InChI is InChI=1S/C15H22N2O5S/c1-9-12(14(19)20-3)23-15(16-9)17-13(18)10(2)22-8-11-6-4-5-7-21-11/h10-11H,4-8H2,1-3H3,(H,16,17,18). The van der Waals surface area contributed by atoms with Gasteiger partial charge in [0.15, 0.2) is 5.13 Å². The van der Waals surface area contributed by atoms with Crippen molar-refractivity contribution in [2.75, 3.05) is 25.6 Å². The Bertz CT molecular complexity index is 554. The molecule has 7 nitrogen and oxygen atoms in total. The molecule has 0 bridgehead atoms. The smallest absolute Gasteiger partial charge is 0.350 e. The predicted octanol–water partition coefficient (Wildman–Crippen LogP) is 2.15. The number of hydrogen-bond donors (Lipinski definition) is 1. The fourth-order valence-corrected chi connectivity index (χ4v) is 3.09. The van der Waals surface area contributed by atoms with Crippen molar-refractivity contribution < 1.29 is 23.8 Å². The second-order valence-corrected chi connectivity index (χ2v) is 6.38. The van der Waals surface area contributed by atoms with Crippen LogP contribution < -0.4 is 5.32 Å². The number of carbonyl (C=O) groups excluding carboxylic acids is 2. The first kappa shape index (κ1) is 17.8. The van der Waals surface area contributed by atoms with Gasteiger partial charge in [0.1, 0.15) is 11.0 Å². The van der Waals surface area contributed by atoms with Crippen molar-refractivity contribution in [1.82, 2.24) is 4.98 Å². The zero-order valence-electron chi connectivity index (χ0n) is 13.6. The average molecular weight is 342 g/mol. The molecule has 2 heterocycles. The number of ether oxygens (including phenoxy) is 3. The van der Waals surface area contributed by atoms with Gasteiger partial charge in [0, 0.05) is 6.61 Å². The van der Waals surface area contributed by atoms with Gasteiger partial charge in [0.25, 0.3) is 5.91 Å². The molecule has 1 aromatic rings. The molecule has 1 aliphatic heterocycles. The predicted molar refractivity (Wildman–Crippen MR) is 85.8 cm³/mol. The van der Waals surface area contributed by atoms with E-state index in [4.69, 9.17) is 9.47 Å². The molecule has 128 valence electrons. The Morgan fingerprint density at radius 3 is 2.91 bits per heavy atom. The van der Waals surface area contributed by atoms with E-state index < -0.39 is 12.1 Å². The van der Waals surface area contributed by atoms with Crippen LogP contribution in [0, 0.1) is 6.92 Å². The summed E-state index contributed by atoms with van der Waals surface area (Å²) in [5.41, 5.74) is 0.529. The van der Waals surface area contributed by atoms with E-state index in [9.17, 15) is 9.59 Å². The summed E-state index contributed by atoms with van der Waals surface area (Å²) < 4.78 is 15.8. The van der Waals surface area contributed by atoms with Crippen LogP contribution in [-0.4, -0.2) is 49.4 Å². The maximum absolute atomic E-state index is 12.1. The molecule has 8 heteroatoms. The zero-order chi connectivity index (χ0) is 16.8. The van der Waals surface area contributed by atoms with Crippen LogP contribution in [-0.2, 0) is 19.0 Å². The minimum atomic E-state index is -0.619. The van der Waals surface area contributed by atoms with E-state index in [1.165, 1.54) is 7.11 Å². The van der Waals surface area contributed by atoms with Crippen LogP contribution in [0.25, 0.3) is 0 Å². The van der Waals surface area contributed by atoms with E-state index in [1.807, 2.05) is 0 Å². The number of carbonyl (C=O) groups is 2. The summed E-state index contributed by atoms with van der Waals surface area (Å²) in [6.07, 6.45) is 2.61. The molecule has 0 spiro atoms. The summed E-state index contributed by atoms with van der Waals surface area (Å²) in [5, 5.41) is 3.02. The fourth-order valence-electron chi connectivity index (χ4n) is 2.21. The average Bonchev–Trinajstić information content (AvgIpc) is 2.93. The number of aromatic nitrogens is 1. The Balaban J connectivity index is 1.84. The Kier molecular flexibility index (Phi) is 6.49. The van der Waals surface area contributed by atoms with Gasteiger partial charge in [-0.3, -0.25) is 10.1 Å². The molecule has 23 heavy (non-hydrogen) atoms. The lowest BCUT2D eigenvalue weighted by Gasteiger charge is -2.23. The van der Waals surface area contributed by atoms with Crippen LogP contribution in [0.3, 0.4) is 0 Å². The van der Waals surface area contributed by atoms with Crippen molar-refractivity contribution in [3.63, 3.8) is 0 Å². The molecule has 0 radical (unpaired) electrons. The first-order chi connectivity index (χ1) is 11.0. The summed E-state index contributed by atoms with van der Waals surface area (Å²) in [6.45, 7) is 4.53. The van der Waals surface area contributed by atoms with Gasteiger partial charge < -0.3 is 14.2 Å². The van der Waals surface area contributed by atoms with Crippen molar-refractivity contribution in [2.45, 2.75) is 45.3 Å². The topological polar surface area (TPSA) is 86.8 Å². The molecule has 2 atom stereocenters. The van der Waals surface area contributed by atoms with Gasteiger partial charge >= 0.3 is 5.97 Å². The monoisotopic (exact) mass is 342 g/mol. The maximum atomic E-state index is 12.1. The van der Waals surface area contributed by atoms with Gasteiger partial charge in [-0.15, -0.1) is 0 Å². The van der Waals surface area contributed by atoms with E-state index in [2.05, 4.69) is 15.0 Å². The lowest BCUT2D eigenvalue weighted by molar-refractivity contribution is -0.130. The lowest BCUT2D eigenvalue weighted by Crippen LogP contribution is -2.32. The van der Waals surface area contributed by atoms with Gasteiger partial charge in [-0.25, -0.2) is 9.78 Å². The van der Waals surface area contributed by atoms with Crippen molar-refractivity contribution in [3.05, 3.63) is 10.6 Å². The normalized spacial score (nSPS) is 19.2. The number of rotatable bonds is 6. The van der Waals surface area contributed by atoms with Gasteiger partial charge in [-0.05, 0) is 33.1 Å². The minimum absolute atomic E-state index is 0.0621. The van der Waals surface area contributed by atoms with Crippen LogP contribution in [0.15, 0.2) is 0 Å². The SMILES string of the molecule is COC(=O)c1sc(NC(=O)C(C)OCC2CCCCO2)nc1C. The summed E-state index contributed by atoms with van der Waals surface area (Å²) >= 11 is 1.09. The quantitative estimate of drug-likeness (QED) is 0.797. The lowest BCUT2D eigenvalue weighted by atomic mass is 10.1. The molecule has 1 aliphatic rings. The molecular formula is C15H22N2O5S. The van der Waals surface area contributed by atoms with Crippen LogP contribution in [0.2, 0.25) is 0 Å². The van der Waals surface area contributed by atoms with Crippen molar-refractivity contribution in [2.24, 2.45) is 0 Å². The summed E-state index contributed by atoms with van der Waals surface area (Å²) in [4.78, 5) is 28.2. The van der Waals surface area contributed by atoms with Crippen molar-refractivity contribution in [3.8, 4) is 0 Å². The third-order valence-corrected chi connectivity index (χ3v) is 4.63. The van der Waals surface area contributed by atoms with E-state index in [0.29, 0.717) is 22.3 Å². The summed E-state index contributed by atoms with van der Waals surface area (Å²) in [6, 6.07) is 0. The number of aryl methyl sites for hydroxylation is 1. The molecule has 2 unspecified atom stereocenters. The maximum Gasteiger partial charge on any atom is 0.350 e. The molecular weight excluding hydrogens is 320 g/mol. The zero-order valence-corrected chi connectivity index (χ0v) is 14.4. The summed E-state index contributed by atoms with van der Waals surface area (Å²) in [5.74, 6) is -0.759. The third kappa shape index (κ3) is 4.98. The molecule has 1 N–H and O–H groups in total. The molecule has 0 aromatic carbocycles. The van der Waals surface area contributed by atoms with E-state index in [-0.39, 0.29) is 12.0 Å². The van der Waals surface area contributed by atoms with E-state index in [0.717, 1.165) is 37.2 Å². The molecule has 0 saturated carbocycles. The highest BCUT2D eigenvalue weighted by atomic mass is 32.1. The Hall–Kier alpha value is -1.51. The highest BCUT2D eigenvalue weighted by Gasteiger charge is 2.21. The van der Waals surface area contributed by atoms with E-state index >= 15 is 0 Å². The van der Waals surface area contributed by atoms with Crippen LogP contribution in [0.5, 0.6) is 0 Å². The molecule has 1 saturated heterocycles. The van der Waals surface area contributed by atoms with Crippen LogP contribution >= 0.6 is 11.3 Å². The van der Waals surface area contributed by atoms with Crippen molar-refractivity contribution in [1.29, 1.82) is 0 Å². The van der Waals surface area contributed by atoms with Gasteiger partial charge in [-0.2, -0.15) is 0 Å². The molecule has 2 rings (SSSR count). The number of methoxy groups -OCH3 is 1. The number of anilines is 1. The molecule has 0 aliphatic carbocycles. The fraction of sp³-hybridized carbons (Fsp3) is 0.667. The highest BCUT2D eigenvalue weighted by molar-refractivity contribution is 7.17. The number of esters is 1. The number of nitrogens with zero attached hydrogens (tertiary/aromatic N) is 1. The van der Waals surface area contributed by atoms with Gasteiger partial charge in [-0.1, -0.05) is 11.3 Å². The molecule has 1 aromatic heterocycles. The largest absolute Gasteiger partial charge is 0.465 e. The van der Waals surface area contributed by atoms with Crippen molar-refractivity contribution >= 4 is 28.3 Å². The molecule has 1 amide bonds. The number of amides is 1. The first-order valence-electron chi connectivity index (χ1n) is 7.61. The highest BCUT2D eigenvalue weighted by Crippen LogP contribution is 2.23. The second kappa shape index (κ2) is 8.37. The van der Waals surface area contributed by atoms with Gasteiger partial charge in [0.05, 0.1) is 25.5 Å². The molecule has 1 fully saturated rings. The number of hydrogen-bond acceptors (Lipinski definition) is 7. The second-order valence-electron chi connectivity index (χ2n) is 5.38. The van der Waals surface area contributed by atoms with E-state index in [1.54, 1.807) is 13.8 Å². The van der Waals surface area contributed by atoms with Crippen LogP contribution in [0.4, 0.5) is 5.13 Å². The Labute approximate surface area is 139 Å².